The minimum absolute atomic E-state index is 0.0543. The Balaban J connectivity index is 2.65. The molecule has 0 unspecified atom stereocenters. The zero-order chi connectivity index (χ0) is 15.0. The van der Waals surface area contributed by atoms with E-state index in [2.05, 4.69) is 5.32 Å². The molecule has 0 spiro atoms. The smallest absolute Gasteiger partial charge is 0.408 e. The number of aliphatic hydroxyl groups is 1. The van der Waals surface area contributed by atoms with E-state index in [1.807, 2.05) is 51.1 Å². The van der Waals surface area contributed by atoms with Crippen molar-refractivity contribution >= 4 is 6.09 Å². The number of carbonyl (C=O) groups excluding carboxylic acids is 1. The maximum Gasteiger partial charge on any atom is 0.408 e. The molecule has 20 heavy (non-hydrogen) atoms. The molecule has 0 aliphatic carbocycles. The topological polar surface area (TPSA) is 58.6 Å². The average molecular weight is 277 g/mol. The van der Waals surface area contributed by atoms with Crippen molar-refractivity contribution in [3.63, 3.8) is 0 Å². The van der Waals surface area contributed by atoms with Gasteiger partial charge >= 0.3 is 6.09 Å². The molecule has 1 aromatic carbocycles. The third-order valence-electron chi connectivity index (χ3n) is 2.47. The number of amides is 1. The first-order valence-electron chi connectivity index (χ1n) is 6.71. The van der Waals surface area contributed by atoms with Crippen molar-refractivity contribution in [2.24, 2.45) is 0 Å². The van der Waals surface area contributed by atoms with Crippen LogP contribution in [0, 0.1) is 0 Å². The monoisotopic (exact) mass is 277 g/mol. The van der Waals surface area contributed by atoms with Crippen LogP contribution in [0.1, 0.15) is 26.3 Å². The van der Waals surface area contributed by atoms with E-state index < -0.39 is 11.7 Å². The predicted molar refractivity (Wildman–Crippen MR) is 79.5 cm³/mol. The number of ether oxygens (including phenoxy) is 1. The van der Waals surface area contributed by atoms with E-state index in [-0.39, 0.29) is 12.6 Å². The van der Waals surface area contributed by atoms with Crippen molar-refractivity contribution < 1.29 is 14.6 Å². The van der Waals surface area contributed by atoms with Crippen molar-refractivity contribution in [3.05, 3.63) is 48.0 Å². The molecule has 0 aliphatic rings. The Bertz CT molecular complexity index is 435. The summed E-state index contributed by atoms with van der Waals surface area (Å²) in [4.78, 5) is 11.8. The highest BCUT2D eigenvalue weighted by Crippen LogP contribution is 2.09. The van der Waals surface area contributed by atoms with Gasteiger partial charge in [0.15, 0.2) is 0 Å². The van der Waals surface area contributed by atoms with Crippen LogP contribution in [0.2, 0.25) is 0 Å². The summed E-state index contributed by atoms with van der Waals surface area (Å²) in [6, 6.07) is 9.64. The van der Waals surface area contributed by atoms with Gasteiger partial charge < -0.3 is 15.2 Å². The molecular formula is C16H23NO3. The molecule has 0 fully saturated rings. The molecule has 1 atom stereocenters. The van der Waals surface area contributed by atoms with Crippen molar-refractivity contribution in [2.45, 2.75) is 38.8 Å². The molecule has 0 saturated carbocycles. The second-order valence-electron chi connectivity index (χ2n) is 5.55. The molecule has 0 aliphatic heterocycles. The molecule has 0 bridgehead atoms. The van der Waals surface area contributed by atoms with Crippen LogP contribution in [0.15, 0.2) is 42.5 Å². The normalized spacial score (nSPS) is 13.2. The Labute approximate surface area is 120 Å². The largest absolute Gasteiger partial charge is 0.444 e. The molecular weight excluding hydrogens is 254 g/mol. The van der Waals surface area contributed by atoms with Gasteiger partial charge in [0.25, 0.3) is 0 Å². The number of rotatable bonds is 5. The van der Waals surface area contributed by atoms with Crippen LogP contribution in [0.4, 0.5) is 4.79 Å². The Hall–Kier alpha value is -1.81. The van der Waals surface area contributed by atoms with Crippen molar-refractivity contribution in [3.8, 4) is 0 Å². The number of hydrogen-bond donors (Lipinski definition) is 2. The first kappa shape index (κ1) is 16.2. The van der Waals surface area contributed by atoms with Gasteiger partial charge in [-0.1, -0.05) is 42.5 Å². The van der Waals surface area contributed by atoms with Crippen LogP contribution in [0.25, 0.3) is 0 Å². The fourth-order valence-electron chi connectivity index (χ4n) is 1.72. The van der Waals surface area contributed by atoms with Crippen LogP contribution in [-0.2, 0) is 11.2 Å². The fourth-order valence-corrected chi connectivity index (χ4v) is 1.72. The Morgan fingerprint density at radius 1 is 1.35 bits per heavy atom. The standard InChI is InChI=1S/C16H23NO3/c1-16(2,3)20-15(19)17-14(10-7-11-18)12-13-8-5-4-6-9-13/h4-10,14,18H,11-12H2,1-3H3,(H,17,19)/b10-7+/t14-/m0/s1. The minimum Gasteiger partial charge on any atom is -0.444 e. The lowest BCUT2D eigenvalue weighted by molar-refractivity contribution is 0.0514. The maximum atomic E-state index is 11.8. The molecule has 2 N–H and O–H groups in total. The van der Waals surface area contributed by atoms with Gasteiger partial charge in [0.1, 0.15) is 5.60 Å². The van der Waals surface area contributed by atoms with Gasteiger partial charge in [0.05, 0.1) is 12.6 Å². The van der Waals surface area contributed by atoms with Gasteiger partial charge in [-0.2, -0.15) is 0 Å². The predicted octanol–water partition coefficient (Wildman–Crippen LogP) is 2.67. The lowest BCUT2D eigenvalue weighted by atomic mass is 10.1. The van der Waals surface area contributed by atoms with Gasteiger partial charge in [0, 0.05) is 0 Å². The molecule has 1 aromatic rings. The highest BCUT2D eigenvalue weighted by Gasteiger charge is 2.18. The van der Waals surface area contributed by atoms with Gasteiger partial charge in [-0.3, -0.25) is 0 Å². The Morgan fingerprint density at radius 3 is 2.55 bits per heavy atom. The van der Waals surface area contributed by atoms with E-state index >= 15 is 0 Å². The van der Waals surface area contributed by atoms with Crippen LogP contribution in [0.5, 0.6) is 0 Å². The first-order chi connectivity index (χ1) is 9.40. The van der Waals surface area contributed by atoms with E-state index in [0.29, 0.717) is 6.42 Å². The van der Waals surface area contributed by atoms with Crippen LogP contribution in [0.3, 0.4) is 0 Å². The number of alkyl carbamates (subject to hydrolysis) is 1. The summed E-state index contributed by atoms with van der Waals surface area (Å²) in [5, 5.41) is 11.7. The summed E-state index contributed by atoms with van der Waals surface area (Å²) in [5.41, 5.74) is 0.582. The SMILES string of the molecule is CC(C)(C)OC(=O)N[C@@H](/C=C/CO)Cc1ccccc1. The molecule has 1 rings (SSSR count). The van der Waals surface area contributed by atoms with Gasteiger partial charge in [-0.15, -0.1) is 0 Å². The molecule has 0 saturated heterocycles. The van der Waals surface area contributed by atoms with E-state index in [9.17, 15) is 4.79 Å². The van der Waals surface area contributed by atoms with Gasteiger partial charge in [-0.05, 0) is 32.8 Å². The fraction of sp³-hybridized carbons (Fsp3) is 0.438. The van der Waals surface area contributed by atoms with Crippen molar-refractivity contribution in [2.75, 3.05) is 6.61 Å². The highest BCUT2D eigenvalue weighted by molar-refractivity contribution is 5.68. The van der Waals surface area contributed by atoms with Crippen molar-refractivity contribution in [1.29, 1.82) is 0 Å². The van der Waals surface area contributed by atoms with E-state index in [1.54, 1.807) is 12.2 Å². The Kier molecular flexibility index (Phi) is 6.25. The molecule has 1 amide bonds. The minimum atomic E-state index is -0.526. The quantitative estimate of drug-likeness (QED) is 0.813. The number of hydrogen-bond acceptors (Lipinski definition) is 3. The summed E-state index contributed by atoms with van der Waals surface area (Å²) in [7, 11) is 0. The number of aliphatic hydroxyl groups excluding tert-OH is 1. The third kappa shape index (κ3) is 6.95. The molecule has 0 aromatic heterocycles. The third-order valence-corrected chi connectivity index (χ3v) is 2.47. The highest BCUT2D eigenvalue weighted by atomic mass is 16.6. The molecule has 4 heteroatoms. The van der Waals surface area contributed by atoms with Crippen molar-refractivity contribution in [1.82, 2.24) is 5.32 Å². The van der Waals surface area contributed by atoms with E-state index in [1.165, 1.54) is 0 Å². The van der Waals surface area contributed by atoms with Gasteiger partial charge in [0.2, 0.25) is 0 Å². The summed E-state index contributed by atoms with van der Waals surface area (Å²) in [6.45, 7) is 5.41. The lowest BCUT2D eigenvalue weighted by Gasteiger charge is -2.22. The zero-order valence-corrected chi connectivity index (χ0v) is 12.3. The summed E-state index contributed by atoms with van der Waals surface area (Å²) >= 11 is 0. The van der Waals surface area contributed by atoms with Gasteiger partial charge in [-0.25, -0.2) is 4.79 Å². The maximum absolute atomic E-state index is 11.8. The molecule has 110 valence electrons. The van der Waals surface area contributed by atoms with E-state index in [0.717, 1.165) is 5.56 Å². The number of nitrogens with one attached hydrogen (secondary N) is 1. The van der Waals surface area contributed by atoms with E-state index in [4.69, 9.17) is 9.84 Å². The number of benzene rings is 1. The number of carbonyl (C=O) groups is 1. The van der Waals surface area contributed by atoms with Crippen LogP contribution < -0.4 is 5.32 Å². The molecule has 0 heterocycles. The molecule has 0 radical (unpaired) electrons. The summed E-state index contributed by atoms with van der Waals surface area (Å²) in [6.07, 6.45) is 3.58. The summed E-state index contributed by atoms with van der Waals surface area (Å²) in [5.74, 6) is 0. The lowest BCUT2D eigenvalue weighted by Crippen LogP contribution is -2.39. The first-order valence-corrected chi connectivity index (χ1v) is 6.71. The Morgan fingerprint density at radius 2 is 2.00 bits per heavy atom. The van der Waals surface area contributed by atoms with Crippen LogP contribution in [-0.4, -0.2) is 29.4 Å². The summed E-state index contributed by atoms with van der Waals surface area (Å²) < 4.78 is 5.24. The second-order valence-corrected chi connectivity index (χ2v) is 5.55. The average Bonchev–Trinajstić information content (AvgIpc) is 2.35. The zero-order valence-electron chi connectivity index (χ0n) is 12.3. The van der Waals surface area contributed by atoms with Crippen LogP contribution >= 0.6 is 0 Å². The second kappa shape index (κ2) is 7.70. The molecule has 4 nitrogen and oxygen atoms in total.